The highest BCUT2D eigenvalue weighted by molar-refractivity contribution is 9.10. The monoisotopic (exact) mass is 311 g/mol. The first kappa shape index (κ1) is 13.2. The van der Waals surface area contributed by atoms with Gasteiger partial charge in [0.05, 0.1) is 6.54 Å². The maximum absolute atomic E-state index is 5.75. The number of ether oxygens (including phenoxy) is 1. The number of halogens is 1. The Kier molecular flexibility index (Phi) is 4.47. The predicted molar refractivity (Wildman–Crippen MR) is 76.9 cm³/mol. The second kappa shape index (κ2) is 6.09. The van der Waals surface area contributed by atoms with E-state index in [9.17, 15) is 0 Å². The van der Waals surface area contributed by atoms with E-state index in [1.807, 2.05) is 31.2 Å². The largest absolute Gasteiger partial charge is 0.489 e. The Balaban J connectivity index is 1.76. The van der Waals surface area contributed by atoms with Gasteiger partial charge in [0.25, 0.3) is 0 Å². The quantitative estimate of drug-likeness (QED) is 0.648. The number of hydrogen-bond acceptors (Lipinski definition) is 2. The smallest absolute Gasteiger partial charge is 0.188 e. The molecule has 1 fully saturated rings. The second-order valence-electron chi connectivity index (χ2n) is 4.53. The number of hydrogen-bond donors (Lipinski definition) is 2. The molecule has 0 aliphatic heterocycles. The number of nitrogens with one attached hydrogen (secondary N) is 1. The molecule has 1 atom stereocenters. The Bertz CT molecular complexity index is 415. The molecule has 0 heterocycles. The predicted octanol–water partition coefficient (Wildman–Crippen LogP) is 2.28. The van der Waals surface area contributed by atoms with Crippen LogP contribution < -0.4 is 15.8 Å². The van der Waals surface area contributed by atoms with Crippen LogP contribution in [0.1, 0.15) is 19.8 Å². The van der Waals surface area contributed by atoms with Crippen LogP contribution in [0.5, 0.6) is 5.75 Å². The summed E-state index contributed by atoms with van der Waals surface area (Å²) >= 11 is 3.39. The molecule has 0 bridgehead atoms. The minimum Gasteiger partial charge on any atom is -0.489 e. The highest BCUT2D eigenvalue weighted by Gasteiger charge is 2.21. The summed E-state index contributed by atoms with van der Waals surface area (Å²) in [7, 11) is 0. The number of nitrogens with zero attached hydrogens (tertiary/aromatic N) is 1. The number of guanidine groups is 1. The molecule has 0 amide bonds. The van der Waals surface area contributed by atoms with E-state index in [0.717, 1.165) is 10.2 Å². The van der Waals surface area contributed by atoms with Gasteiger partial charge in [0.1, 0.15) is 11.9 Å². The highest BCUT2D eigenvalue weighted by Crippen LogP contribution is 2.18. The topological polar surface area (TPSA) is 59.6 Å². The van der Waals surface area contributed by atoms with Crippen molar-refractivity contribution >= 4 is 21.9 Å². The first-order valence-corrected chi connectivity index (χ1v) is 6.91. The molecule has 0 radical (unpaired) electrons. The zero-order valence-corrected chi connectivity index (χ0v) is 12.0. The zero-order chi connectivity index (χ0) is 13.0. The van der Waals surface area contributed by atoms with Crippen LogP contribution in [-0.4, -0.2) is 24.7 Å². The minimum absolute atomic E-state index is 0.00530. The van der Waals surface area contributed by atoms with Crippen molar-refractivity contribution in [1.29, 1.82) is 0 Å². The summed E-state index contributed by atoms with van der Waals surface area (Å²) in [5.41, 5.74) is 5.75. The number of nitrogens with two attached hydrogens (primary N) is 1. The molecule has 1 aromatic carbocycles. The number of aliphatic imine (C=N–C) groups is 1. The lowest BCUT2D eigenvalue weighted by Gasteiger charge is -2.13. The molecular weight excluding hydrogens is 294 g/mol. The fourth-order valence-electron chi connectivity index (χ4n) is 1.49. The summed E-state index contributed by atoms with van der Waals surface area (Å²) in [6.45, 7) is 2.54. The van der Waals surface area contributed by atoms with Crippen molar-refractivity contribution < 1.29 is 4.74 Å². The molecule has 0 aromatic heterocycles. The molecule has 1 saturated carbocycles. The third-order valence-electron chi connectivity index (χ3n) is 2.60. The van der Waals surface area contributed by atoms with E-state index in [4.69, 9.17) is 10.5 Å². The average Bonchev–Trinajstić information content (AvgIpc) is 3.13. The van der Waals surface area contributed by atoms with Crippen molar-refractivity contribution in [2.75, 3.05) is 6.54 Å². The van der Waals surface area contributed by atoms with Crippen LogP contribution in [0, 0.1) is 0 Å². The zero-order valence-electron chi connectivity index (χ0n) is 10.4. The molecule has 0 spiro atoms. The van der Waals surface area contributed by atoms with Gasteiger partial charge in [0.15, 0.2) is 5.96 Å². The van der Waals surface area contributed by atoms with Gasteiger partial charge in [-0.25, -0.2) is 4.99 Å². The first-order valence-electron chi connectivity index (χ1n) is 6.12. The van der Waals surface area contributed by atoms with Gasteiger partial charge in [-0.05, 0) is 44.0 Å². The second-order valence-corrected chi connectivity index (χ2v) is 5.44. The third kappa shape index (κ3) is 4.56. The fraction of sp³-hybridized carbons (Fsp3) is 0.462. The maximum atomic E-state index is 5.75. The fourth-order valence-corrected chi connectivity index (χ4v) is 1.76. The number of benzene rings is 1. The van der Waals surface area contributed by atoms with Crippen molar-refractivity contribution in [3.05, 3.63) is 28.7 Å². The van der Waals surface area contributed by atoms with E-state index in [1.54, 1.807) is 0 Å². The highest BCUT2D eigenvalue weighted by atomic mass is 79.9. The molecule has 5 heteroatoms. The van der Waals surface area contributed by atoms with Crippen LogP contribution in [0.3, 0.4) is 0 Å². The number of rotatable bonds is 5. The molecule has 1 aliphatic rings. The van der Waals surface area contributed by atoms with E-state index in [0.29, 0.717) is 18.5 Å². The van der Waals surface area contributed by atoms with Crippen LogP contribution in [0.2, 0.25) is 0 Å². The lowest BCUT2D eigenvalue weighted by molar-refractivity contribution is 0.230. The summed E-state index contributed by atoms with van der Waals surface area (Å²) in [5.74, 6) is 1.36. The van der Waals surface area contributed by atoms with Crippen molar-refractivity contribution in [3.63, 3.8) is 0 Å². The van der Waals surface area contributed by atoms with Gasteiger partial charge in [-0.15, -0.1) is 0 Å². The van der Waals surface area contributed by atoms with E-state index in [2.05, 4.69) is 26.2 Å². The Morgan fingerprint density at radius 1 is 1.50 bits per heavy atom. The molecule has 1 aliphatic carbocycles. The third-order valence-corrected chi connectivity index (χ3v) is 3.13. The molecule has 18 heavy (non-hydrogen) atoms. The standard InChI is InChI=1S/C13H18BrN3O/c1-9(8-16-13(15)17-11-4-5-11)18-12-6-2-10(14)3-7-12/h2-3,6-7,9,11H,4-5,8H2,1H3,(H3,15,16,17). The van der Waals surface area contributed by atoms with Crippen molar-refractivity contribution in [1.82, 2.24) is 5.32 Å². The van der Waals surface area contributed by atoms with Crippen molar-refractivity contribution in [3.8, 4) is 5.75 Å². The van der Waals surface area contributed by atoms with Gasteiger partial charge in [-0.1, -0.05) is 15.9 Å². The molecule has 0 saturated heterocycles. The van der Waals surface area contributed by atoms with Gasteiger partial charge >= 0.3 is 0 Å². The Labute approximate surface area is 116 Å². The summed E-state index contributed by atoms with van der Waals surface area (Å²) in [6, 6.07) is 8.30. The van der Waals surface area contributed by atoms with Gasteiger partial charge in [-0.2, -0.15) is 0 Å². The maximum Gasteiger partial charge on any atom is 0.188 e. The summed E-state index contributed by atoms with van der Waals surface area (Å²) in [5, 5.41) is 3.15. The molecule has 4 nitrogen and oxygen atoms in total. The van der Waals surface area contributed by atoms with Crippen LogP contribution in [0.25, 0.3) is 0 Å². The molecule has 98 valence electrons. The Morgan fingerprint density at radius 3 is 2.78 bits per heavy atom. The normalized spacial score (nSPS) is 17.3. The molecule has 1 aromatic rings. The van der Waals surface area contributed by atoms with Gasteiger partial charge in [0, 0.05) is 10.5 Å². The van der Waals surface area contributed by atoms with Crippen molar-refractivity contribution in [2.45, 2.75) is 31.9 Å². The van der Waals surface area contributed by atoms with Crippen LogP contribution in [0.15, 0.2) is 33.7 Å². The molecule has 3 N–H and O–H groups in total. The van der Waals surface area contributed by atoms with Crippen molar-refractivity contribution in [2.24, 2.45) is 10.7 Å². The minimum atomic E-state index is 0.00530. The summed E-state index contributed by atoms with van der Waals surface area (Å²) in [4.78, 5) is 4.27. The van der Waals surface area contributed by atoms with Crippen LogP contribution in [-0.2, 0) is 0 Å². The van der Waals surface area contributed by atoms with E-state index in [1.165, 1.54) is 12.8 Å². The van der Waals surface area contributed by atoms with Gasteiger partial charge in [0.2, 0.25) is 0 Å². The van der Waals surface area contributed by atoms with Crippen LogP contribution in [0.4, 0.5) is 0 Å². The Morgan fingerprint density at radius 2 is 2.17 bits per heavy atom. The van der Waals surface area contributed by atoms with E-state index < -0.39 is 0 Å². The SMILES string of the molecule is CC(CN=C(N)NC1CC1)Oc1ccc(Br)cc1. The first-order chi connectivity index (χ1) is 8.63. The summed E-state index contributed by atoms with van der Waals surface area (Å²) < 4.78 is 6.77. The van der Waals surface area contributed by atoms with E-state index in [-0.39, 0.29) is 6.10 Å². The van der Waals surface area contributed by atoms with Gasteiger partial charge < -0.3 is 15.8 Å². The molecule has 2 rings (SSSR count). The average molecular weight is 312 g/mol. The Hall–Kier alpha value is -1.23. The van der Waals surface area contributed by atoms with E-state index >= 15 is 0 Å². The van der Waals surface area contributed by atoms with Crippen LogP contribution >= 0.6 is 15.9 Å². The lowest BCUT2D eigenvalue weighted by atomic mass is 10.3. The van der Waals surface area contributed by atoms with Gasteiger partial charge in [-0.3, -0.25) is 0 Å². The lowest BCUT2D eigenvalue weighted by Crippen LogP contribution is -2.34. The molecular formula is C13H18BrN3O. The molecule has 1 unspecified atom stereocenters. The summed E-state index contributed by atoms with van der Waals surface area (Å²) in [6.07, 6.45) is 2.40.